The van der Waals surface area contributed by atoms with Crippen molar-refractivity contribution in [3.63, 3.8) is 0 Å². The maximum atomic E-state index is 5.53. The standard InChI is InChI=1S/C10H12N4S.C9H10N4S/c1-12-9(11)14-10-13-8-5-3-2-4-7(8)6-15-10;10-8(11)13-9-12-7-4-2-1-3-6(7)5-14-9/h2-5H,6H2,1H3,(H3,11,12,13,14);1-4H,5H2,(H4,10,11,12,13). The van der Waals surface area contributed by atoms with E-state index >= 15 is 0 Å². The Morgan fingerprint density at radius 1 is 0.966 bits per heavy atom. The first kappa shape index (κ1) is 20.7. The van der Waals surface area contributed by atoms with E-state index in [1.165, 1.54) is 22.9 Å². The number of benzene rings is 2. The first-order valence-corrected chi connectivity index (χ1v) is 10.7. The van der Waals surface area contributed by atoms with Gasteiger partial charge in [-0.2, -0.15) is 9.98 Å². The summed E-state index contributed by atoms with van der Waals surface area (Å²) in [6.07, 6.45) is 0. The van der Waals surface area contributed by atoms with E-state index < -0.39 is 0 Å². The van der Waals surface area contributed by atoms with Gasteiger partial charge in [0.1, 0.15) is 0 Å². The smallest absolute Gasteiger partial charge is 0.217 e. The Balaban J connectivity index is 0.000000166. The Labute approximate surface area is 177 Å². The molecule has 2 aliphatic rings. The van der Waals surface area contributed by atoms with Crippen LogP contribution >= 0.6 is 23.5 Å². The lowest BCUT2D eigenvalue weighted by Crippen LogP contribution is -2.23. The second-order valence-corrected chi connectivity index (χ2v) is 7.82. The summed E-state index contributed by atoms with van der Waals surface area (Å²) in [6.45, 7) is 0. The molecule has 10 heteroatoms. The summed E-state index contributed by atoms with van der Waals surface area (Å²) in [5.41, 5.74) is 20.6. The summed E-state index contributed by atoms with van der Waals surface area (Å²) >= 11 is 3.16. The van der Waals surface area contributed by atoms with Crippen molar-refractivity contribution in [1.29, 1.82) is 0 Å². The third-order valence-corrected chi connectivity index (χ3v) is 5.68. The number of para-hydroxylation sites is 2. The van der Waals surface area contributed by atoms with Crippen molar-refractivity contribution in [3.05, 3.63) is 59.7 Å². The molecule has 4 rings (SSSR count). The first-order valence-electron chi connectivity index (χ1n) is 8.73. The molecular weight excluding hydrogens is 404 g/mol. The summed E-state index contributed by atoms with van der Waals surface area (Å²) in [7, 11) is 1.63. The molecule has 0 atom stereocenters. The number of nitrogens with two attached hydrogens (primary N) is 3. The van der Waals surface area contributed by atoms with Crippen LogP contribution in [0.25, 0.3) is 0 Å². The molecule has 2 aliphatic heterocycles. The minimum atomic E-state index is 0.0515. The van der Waals surface area contributed by atoms with Gasteiger partial charge in [0.2, 0.25) is 5.96 Å². The van der Waals surface area contributed by atoms with Crippen LogP contribution in [0, 0.1) is 0 Å². The lowest BCUT2D eigenvalue weighted by molar-refractivity contribution is 1.34. The molecule has 0 radical (unpaired) electrons. The van der Waals surface area contributed by atoms with Crippen molar-refractivity contribution in [2.45, 2.75) is 11.5 Å². The van der Waals surface area contributed by atoms with Gasteiger partial charge in [-0.05, 0) is 23.3 Å². The topological polar surface area (TPSA) is 140 Å². The zero-order valence-electron chi connectivity index (χ0n) is 15.9. The van der Waals surface area contributed by atoms with Crippen molar-refractivity contribution in [3.8, 4) is 0 Å². The molecule has 0 saturated heterocycles. The molecule has 2 aromatic carbocycles. The van der Waals surface area contributed by atoms with Crippen molar-refractivity contribution < 1.29 is 0 Å². The van der Waals surface area contributed by atoms with Gasteiger partial charge >= 0.3 is 0 Å². The van der Waals surface area contributed by atoms with Gasteiger partial charge in [-0.1, -0.05) is 59.9 Å². The summed E-state index contributed by atoms with van der Waals surface area (Å²) in [5, 5.41) is 4.65. The minimum absolute atomic E-state index is 0.0515. The van der Waals surface area contributed by atoms with Gasteiger partial charge in [-0.25, -0.2) is 4.99 Å². The summed E-state index contributed by atoms with van der Waals surface area (Å²) in [5.74, 6) is 2.13. The number of hydrogen-bond acceptors (Lipinski definition) is 5. The predicted molar refractivity (Wildman–Crippen MR) is 127 cm³/mol. The van der Waals surface area contributed by atoms with Gasteiger partial charge in [0, 0.05) is 24.2 Å². The molecule has 0 fully saturated rings. The molecule has 2 aromatic rings. The summed E-state index contributed by atoms with van der Waals surface area (Å²) in [4.78, 5) is 16.2. The Hall–Kier alpha value is -2.98. The first-order chi connectivity index (χ1) is 14.0. The van der Waals surface area contributed by atoms with Crippen molar-refractivity contribution in [2.75, 3.05) is 12.4 Å². The average molecular weight is 427 g/mol. The average Bonchev–Trinajstić information content (AvgIpc) is 2.73. The fourth-order valence-corrected chi connectivity index (χ4v) is 4.21. The molecular formula is C19H22N8S2. The van der Waals surface area contributed by atoms with Crippen LogP contribution in [0.5, 0.6) is 0 Å². The molecule has 0 amide bonds. The van der Waals surface area contributed by atoms with Crippen LogP contribution in [0.15, 0.2) is 68.5 Å². The highest BCUT2D eigenvalue weighted by atomic mass is 32.2. The van der Waals surface area contributed by atoms with E-state index in [0.717, 1.165) is 28.0 Å². The van der Waals surface area contributed by atoms with Gasteiger partial charge in [-0.3, -0.25) is 4.99 Å². The number of fused-ring (bicyclic) bond motifs is 2. The van der Waals surface area contributed by atoms with E-state index in [-0.39, 0.29) is 5.96 Å². The number of anilines is 1. The zero-order chi connectivity index (χ0) is 20.6. The van der Waals surface area contributed by atoms with E-state index in [4.69, 9.17) is 17.2 Å². The fraction of sp³-hybridized carbons (Fsp3) is 0.158. The van der Waals surface area contributed by atoms with Crippen LogP contribution in [-0.4, -0.2) is 29.3 Å². The highest BCUT2D eigenvalue weighted by molar-refractivity contribution is 8.13. The number of amidine groups is 2. The van der Waals surface area contributed by atoms with Crippen LogP contribution in [-0.2, 0) is 11.5 Å². The van der Waals surface area contributed by atoms with Crippen molar-refractivity contribution in [1.82, 2.24) is 0 Å². The monoisotopic (exact) mass is 426 g/mol. The third-order valence-electron chi connectivity index (χ3n) is 3.86. The molecule has 8 nitrogen and oxygen atoms in total. The molecule has 0 saturated carbocycles. The fourth-order valence-electron chi connectivity index (χ4n) is 2.47. The van der Waals surface area contributed by atoms with E-state index in [9.17, 15) is 0 Å². The van der Waals surface area contributed by atoms with E-state index in [2.05, 4.69) is 37.4 Å². The molecule has 150 valence electrons. The molecule has 0 aliphatic carbocycles. The molecule has 29 heavy (non-hydrogen) atoms. The van der Waals surface area contributed by atoms with Crippen LogP contribution in [0.2, 0.25) is 0 Å². The number of rotatable bonds is 0. The van der Waals surface area contributed by atoms with Crippen LogP contribution < -0.4 is 22.5 Å². The number of guanidine groups is 2. The van der Waals surface area contributed by atoms with Crippen LogP contribution in [0.4, 0.5) is 11.4 Å². The van der Waals surface area contributed by atoms with Crippen molar-refractivity contribution in [2.24, 2.45) is 37.2 Å². The van der Waals surface area contributed by atoms with Crippen LogP contribution in [0.3, 0.4) is 0 Å². The quantitative estimate of drug-likeness (QED) is 0.377. The maximum absolute atomic E-state index is 5.53. The normalized spacial score (nSPS) is 16.4. The zero-order valence-corrected chi connectivity index (χ0v) is 17.5. The summed E-state index contributed by atoms with van der Waals surface area (Å²) < 4.78 is 0. The maximum Gasteiger partial charge on any atom is 0.217 e. The highest BCUT2D eigenvalue weighted by Crippen LogP contribution is 2.30. The highest BCUT2D eigenvalue weighted by Gasteiger charge is 2.13. The Kier molecular flexibility index (Phi) is 7.14. The number of aliphatic imine (C=N–C) groups is 4. The molecule has 0 spiro atoms. The van der Waals surface area contributed by atoms with Crippen LogP contribution in [0.1, 0.15) is 11.1 Å². The van der Waals surface area contributed by atoms with E-state index in [1.807, 2.05) is 36.4 Å². The second kappa shape index (κ2) is 9.99. The number of nitrogens with zero attached hydrogens (tertiary/aromatic N) is 4. The van der Waals surface area contributed by atoms with Gasteiger partial charge in [0.25, 0.3) is 0 Å². The molecule has 0 bridgehead atoms. The summed E-state index contributed by atoms with van der Waals surface area (Å²) in [6, 6.07) is 16.1. The van der Waals surface area contributed by atoms with Crippen molar-refractivity contribution >= 4 is 57.2 Å². The Morgan fingerprint density at radius 3 is 2.41 bits per heavy atom. The second-order valence-electron chi connectivity index (χ2n) is 5.92. The van der Waals surface area contributed by atoms with E-state index in [0.29, 0.717) is 11.1 Å². The van der Waals surface area contributed by atoms with E-state index in [1.54, 1.807) is 18.8 Å². The molecule has 0 unspecified atom stereocenters. The number of hydrogen-bond donors (Lipinski definition) is 4. The Morgan fingerprint density at radius 2 is 1.66 bits per heavy atom. The molecule has 0 aromatic heterocycles. The van der Waals surface area contributed by atoms with Gasteiger partial charge in [-0.15, -0.1) is 0 Å². The molecule has 7 N–H and O–H groups in total. The lowest BCUT2D eigenvalue weighted by atomic mass is 10.2. The van der Waals surface area contributed by atoms with Gasteiger partial charge < -0.3 is 22.5 Å². The third kappa shape index (κ3) is 6.00. The Bertz CT molecular complexity index is 993. The van der Waals surface area contributed by atoms with Gasteiger partial charge in [0.05, 0.1) is 5.69 Å². The number of thioether (sulfide) groups is 2. The molecule has 2 heterocycles. The van der Waals surface area contributed by atoms with Gasteiger partial charge in [0.15, 0.2) is 16.3 Å². The largest absolute Gasteiger partial charge is 0.370 e. The SMILES string of the molecule is CN=C(N)N=C1Nc2ccccc2CS1.NC(N)=NC1=Nc2ccccc2CS1. The number of nitrogens with one attached hydrogen (secondary N) is 1. The predicted octanol–water partition coefficient (Wildman–Crippen LogP) is 2.84. The minimum Gasteiger partial charge on any atom is -0.370 e. The lowest BCUT2D eigenvalue weighted by Gasteiger charge is -2.18.